The van der Waals surface area contributed by atoms with Crippen molar-refractivity contribution in [2.45, 2.75) is 6.42 Å². The van der Waals surface area contributed by atoms with Gasteiger partial charge in [-0.15, -0.1) is 11.3 Å². The van der Waals surface area contributed by atoms with Crippen molar-refractivity contribution in [1.29, 1.82) is 0 Å². The molecule has 2 aromatic rings. The van der Waals surface area contributed by atoms with Crippen LogP contribution in [0.2, 0.25) is 0 Å². The van der Waals surface area contributed by atoms with Crippen molar-refractivity contribution in [3.05, 3.63) is 46.9 Å². The fraction of sp³-hybridized carbons (Fsp3) is 0.231. The van der Waals surface area contributed by atoms with Crippen molar-refractivity contribution in [2.75, 3.05) is 13.6 Å². The Morgan fingerprint density at radius 3 is 2.83 bits per heavy atom. The summed E-state index contributed by atoms with van der Waals surface area (Å²) in [6.45, 7) is 0.596. The number of likely N-dealkylation sites (N-methyl/N-ethyl adjacent to an activating group) is 1. The normalized spacial score (nSPS) is 10.1. The van der Waals surface area contributed by atoms with Crippen LogP contribution in [-0.2, 0) is 6.42 Å². The molecule has 1 aromatic carbocycles. The van der Waals surface area contributed by atoms with Crippen LogP contribution in [-0.4, -0.2) is 29.6 Å². The number of ether oxygens (including phenoxy) is 1. The number of rotatable bonds is 4. The molecule has 94 valence electrons. The fourth-order valence-corrected chi connectivity index (χ4v) is 2.01. The molecule has 0 fully saturated rings. The lowest BCUT2D eigenvalue weighted by Gasteiger charge is -2.15. The molecular weight excluding hydrogens is 248 g/mol. The van der Waals surface area contributed by atoms with Crippen LogP contribution >= 0.6 is 11.3 Å². The summed E-state index contributed by atoms with van der Waals surface area (Å²) in [6.07, 6.45) is 2.16. The number of benzene rings is 1. The van der Waals surface area contributed by atoms with E-state index in [9.17, 15) is 4.79 Å². The van der Waals surface area contributed by atoms with Crippen molar-refractivity contribution >= 4 is 17.4 Å². The SMILES string of the molecule is CN(CCc1nccs1)C(=O)Oc1ccccc1. The third kappa shape index (κ3) is 3.56. The minimum Gasteiger partial charge on any atom is -0.410 e. The van der Waals surface area contributed by atoms with Crippen LogP contribution in [0.5, 0.6) is 5.75 Å². The molecule has 0 saturated heterocycles. The van der Waals surface area contributed by atoms with Crippen LogP contribution in [0.3, 0.4) is 0 Å². The molecule has 18 heavy (non-hydrogen) atoms. The van der Waals surface area contributed by atoms with Gasteiger partial charge in [0.2, 0.25) is 0 Å². The summed E-state index contributed by atoms with van der Waals surface area (Å²) in [4.78, 5) is 17.5. The Morgan fingerprint density at radius 1 is 1.39 bits per heavy atom. The molecule has 0 atom stereocenters. The van der Waals surface area contributed by atoms with Crippen LogP contribution < -0.4 is 4.74 Å². The lowest BCUT2D eigenvalue weighted by Crippen LogP contribution is -2.31. The maximum absolute atomic E-state index is 11.8. The summed E-state index contributed by atoms with van der Waals surface area (Å²) in [5.74, 6) is 0.559. The standard InChI is InChI=1S/C13H14N2O2S/c1-15(9-7-12-14-8-10-18-12)13(16)17-11-5-3-2-4-6-11/h2-6,8,10H,7,9H2,1H3. The van der Waals surface area contributed by atoms with Crippen molar-refractivity contribution in [3.8, 4) is 5.75 Å². The number of aromatic nitrogens is 1. The van der Waals surface area contributed by atoms with Gasteiger partial charge in [0.25, 0.3) is 0 Å². The molecule has 0 spiro atoms. The minimum absolute atomic E-state index is 0.349. The van der Waals surface area contributed by atoms with E-state index in [-0.39, 0.29) is 6.09 Å². The highest BCUT2D eigenvalue weighted by Gasteiger charge is 2.11. The maximum Gasteiger partial charge on any atom is 0.414 e. The van der Waals surface area contributed by atoms with Crippen molar-refractivity contribution < 1.29 is 9.53 Å². The van der Waals surface area contributed by atoms with Crippen LogP contribution in [0.25, 0.3) is 0 Å². The molecule has 0 aliphatic carbocycles. The van der Waals surface area contributed by atoms with E-state index in [0.29, 0.717) is 12.3 Å². The maximum atomic E-state index is 11.8. The average Bonchev–Trinajstić information content (AvgIpc) is 2.90. The number of carbonyl (C=O) groups is 1. The van der Waals surface area contributed by atoms with Gasteiger partial charge < -0.3 is 9.64 Å². The van der Waals surface area contributed by atoms with Crippen molar-refractivity contribution in [1.82, 2.24) is 9.88 Å². The molecule has 2 rings (SSSR count). The van der Waals surface area contributed by atoms with E-state index in [1.54, 1.807) is 41.6 Å². The van der Waals surface area contributed by atoms with Crippen molar-refractivity contribution in [2.24, 2.45) is 0 Å². The van der Waals surface area contributed by atoms with Gasteiger partial charge >= 0.3 is 6.09 Å². The predicted molar refractivity (Wildman–Crippen MR) is 70.9 cm³/mol. The van der Waals surface area contributed by atoms with E-state index in [4.69, 9.17) is 4.74 Å². The second-order valence-electron chi connectivity index (χ2n) is 3.78. The zero-order valence-corrected chi connectivity index (χ0v) is 10.9. The first-order chi connectivity index (χ1) is 8.75. The highest BCUT2D eigenvalue weighted by Crippen LogP contribution is 2.10. The number of thiazole rings is 1. The minimum atomic E-state index is -0.349. The van der Waals surface area contributed by atoms with Crippen LogP contribution in [0.1, 0.15) is 5.01 Å². The molecular formula is C13H14N2O2S. The Balaban J connectivity index is 1.82. The highest BCUT2D eigenvalue weighted by molar-refractivity contribution is 7.09. The van der Waals surface area contributed by atoms with Gasteiger partial charge in [-0.3, -0.25) is 0 Å². The second kappa shape index (κ2) is 6.16. The summed E-state index contributed by atoms with van der Waals surface area (Å²) >= 11 is 1.59. The summed E-state index contributed by atoms with van der Waals surface area (Å²) in [6, 6.07) is 9.05. The quantitative estimate of drug-likeness (QED) is 0.851. The molecule has 0 N–H and O–H groups in total. The molecule has 0 bridgehead atoms. The molecule has 0 aliphatic rings. The van der Waals surface area contributed by atoms with Gasteiger partial charge in [-0.2, -0.15) is 0 Å². The number of hydrogen-bond donors (Lipinski definition) is 0. The van der Waals surface area contributed by atoms with Crippen molar-refractivity contribution in [3.63, 3.8) is 0 Å². The number of nitrogens with zero attached hydrogens (tertiary/aromatic N) is 2. The largest absolute Gasteiger partial charge is 0.414 e. The third-order valence-corrected chi connectivity index (χ3v) is 3.24. The lowest BCUT2D eigenvalue weighted by atomic mass is 10.3. The van der Waals surface area contributed by atoms with Crippen LogP contribution in [0.15, 0.2) is 41.9 Å². The molecule has 1 aromatic heterocycles. The van der Waals surface area contributed by atoms with E-state index in [2.05, 4.69) is 4.98 Å². The Bertz CT molecular complexity index is 485. The molecule has 0 aliphatic heterocycles. The van der Waals surface area contributed by atoms with Gasteiger partial charge in [0.05, 0.1) is 5.01 Å². The highest BCUT2D eigenvalue weighted by atomic mass is 32.1. The molecule has 4 nitrogen and oxygen atoms in total. The van der Waals surface area contributed by atoms with Crippen LogP contribution in [0, 0.1) is 0 Å². The van der Waals surface area contributed by atoms with Gasteiger partial charge in [-0.05, 0) is 12.1 Å². The first kappa shape index (κ1) is 12.6. The molecule has 1 heterocycles. The second-order valence-corrected chi connectivity index (χ2v) is 4.76. The van der Waals surface area contributed by atoms with E-state index >= 15 is 0 Å². The van der Waals surface area contributed by atoms with E-state index in [1.807, 2.05) is 23.6 Å². The molecule has 5 heteroatoms. The predicted octanol–water partition coefficient (Wildman–Crippen LogP) is 2.82. The number of amides is 1. The zero-order valence-electron chi connectivity index (χ0n) is 10.1. The van der Waals surface area contributed by atoms with E-state index < -0.39 is 0 Å². The van der Waals surface area contributed by atoms with Gasteiger partial charge in [-0.1, -0.05) is 18.2 Å². The topological polar surface area (TPSA) is 42.4 Å². The van der Waals surface area contributed by atoms with Gasteiger partial charge in [0, 0.05) is 31.6 Å². The molecule has 0 unspecified atom stereocenters. The molecule has 0 saturated carbocycles. The number of carbonyl (C=O) groups excluding carboxylic acids is 1. The number of hydrogen-bond acceptors (Lipinski definition) is 4. The fourth-order valence-electron chi connectivity index (χ4n) is 1.40. The molecule has 0 radical (unpaired) electrons. The summed E-state index contributed by atoms with van der Waals surface area (Å²) in [5, 5.41) is 2.95. The third-order valence-electron chi connectivity index (χ3n) is 2.40. The van der Waals surface area contributed by atoms with Crippen LogP contribution in [0.4, 0.5) is 4.79 Å². The Morgan fingerprint density at radius 2 is 2.17 bits per heavy atom. The smallest absolute Gasteiger partial charge is 0.410 e. The Hall–Kier alpha value is -1.88. The monoisotopic (exact) mass is 262 g/mol. The number of para-hydroxylation sites is 1. The average molecular weight is 262 g/mol. The van der Waals surface area contributed by atoms with E-state index in [0.717, 1.165) is 11.4 Å². The van der Waals surface area contributed by atoms with Gasteiger partial charge in [0.15, 0.2) is 0 Å². The van der Waals surface area contributed by atoms with Gasteiger partial charge in [-0.25, -0.2) is 9.78 Å². The van der Waals surface area contributed by atoms with E-state index in [1.165, 1.54) is 0 Å². The first-order valence-electron chi connectivity index (χ1n) is 5.62. The first-order valence-corrected chi connectivity index (χ1v) is 6.50. The summed E-state index contributed by atoms with van der Waals surface area (Å²) in [5.41, 5.74) is 0. The lowest BCUT2D eigenvalue weighted by molar-refractivity contribution is 0.163. The zero-order chi connectivity index (χ0) is 12.8. The van der Waals surface area contributed by atoms with Gasteiger partial charge in [0.1, 0.15) is 5.75 Å². The summed E-state index contributed by atoms with van der Waals surface area (Å²) < 4.78 is 5.22. The molecule has 1 amide bonds. The summed E-state index contributed by atoms with van der Waals surface area (Å²) in [7, 11) is 1.72. The Kier molecular flexibility index (Phi) is 4.30. The Labute approximate surface area is 110 Å².